The van der Waals surface area contributed by atoms with Crippen LogP contribution in [-0.4, -0.2) is 30.2 Å². The number of aromatic amines is 1. The third-order valence-corrected chi connectivity index (χ3v) is 6.98. The predicted octanol–water partition coefficient (Wildman–Crippen LogP) is 4.20. The van der Waals surface area contributed by atoms with Gasteiger partial charge < -0.3 is 9.40 Å². The minimum absolute atomic E-state index is 0.0857. The molecular weight excluding hydrogens is 396 g/mol. The molecule has 144 valence electrons. The summed E-state index contributed by atoms with van der Waals surface area (Å²) >= 11 is 2.96. The monoisotopic (exact) mass is 414 g/mol. The normalized spacial score (nSPS) is 16.2. The Hall–Kier alpha value is -2.46. The van der Waals surface area contributed by atoms with Crippen LogP contribution in [0.1, 0.15) is 49.7 Å². The van der Waals surface area contributed by atoms with Gasteiger partial charge in [0.1, 0.15) is 16.4 Å². The van der Waals surface area contributed by atoms with Crippen LogP contribution in [-0.2, 0) is 0 Å². The molecule has 1 aliphatic carbocycles. The Balaban J connectivity index is 1.45. The zero-order chi connectivity index (χ0) is 19.1. The molecule has 0 unspecified atom stereocenters. The van der Waals surface area contributed by atoms with Crippen molar-refractivity contribution >= 4 is 33.3 Å². The Kier molecular flexibility index (Phi) is 4.52. The second-order valence-electron chi connectivity index (χ2n) is 6.86. The van der Waals surface area contributed by atoms with Gasteiger partial charge in [-0.2, -0.15) is 0 Å². The van der Waals surface area contributed by atoms with Crippen molar-refractivity contribution in [2.45, 2.75) is 49.1 Å². The average Bonchev–Trinajstić information content (AvgIpc) is 3.46. The van der Waals surface area contributed by atoms with Gasteiger partial charge in [0.05, 0.1) is 22.9 Å². The molecule has 1 saturated carbocycles. The van der Waals surface area contributed by atoms with Crippen LogP contribution in [0.15, 0.2) is 38.1 Å². The summed E-state index contributed by atoms with van der Waals surface area (Å²) in [7, 11) is 0. The fourth-order valence-corrected chi connectivity index (χ4v) is 5.48. The molecule has 0 aromatic carbocycles. The van der Waals surface area contributed by atoms with Crippen molar-refractivity contribution in [1.29, 1.82) is 0 Å². The van der Waals surface area contributed by atoms with Crippen molar-refractivity contribution in [2.75, 3.05) is 0 Å². The lowest BCUT2D eigenvalue weighted by Gasteiger charge is -2.13. The SMILES string of the molecule is C[C@H](Sc1nnnn1C1CCCC1)c1nc2scc(-c3ccco3)c2c(=O)[nH]1. The Morgan fingerprint density at radius 1 is 1.39 bits per heavy atom. The molecule has 10 heteroatoms. The Bertz CT molecular complexity index is 1160. The van der Waals surface area contributed by atoms with Crippen LogP contribution < -0.4 is 5.56 Å². The predicted molar refractivity (Wildman–Crippen MR) is 108 cm³/mol. The van der Waals surface area contributed by atoms with Gasteiger partial charge in [-0.3, -0.25) is 4.79 Å². The van der Waals surface area contributed by atoms with Gasteiger partial charge >= 0.3 is 0 Å². The van der Waals surface area contributed by atoms with Crippen LogP contribution >= 0.6 is 23.1 Å². The number of tetrazole rings is 1. The van der Waals surface area contributed by atoms with Crippen molar-refractivity contribution in [1.82, 2.24) is 30.2 Å². The highest BCUT2D eigenvalue weighted by molar-refractivity contribution is 7.99. The summed E-state index contributed by atoms with van der Waals surface area (Å²) in [5, 5.41) is 15.4. The molecule has 0 saturated heterocycles. The van der Waals surface area contributed by atoms with Gasteiger partial charge in [-0.25, -0.2) is 9.67 Å². The molecule has 4 heterocycles. The number of thiophene rings is 1. The first-order chi connectivity index (χ1) is 13.7. The Morgan fingerprint density at radius 3 is 3.04 bits per heavy atom. The summed E-state index contributed by atoms with van der Waals surface area (Å²) in [5.41, 5.74) is 0.617. The number of fused-ring (bicyclic) bond motifs is 1. The topological polar surface area (TPSA) is 102 Å². The van der Waals surface area contributed by atoms with Crippen molar-refractivity contribution < 1.29 is 4.42 Å². The van der Waals surface area contributed by atoms with E-state index in [4.69, 9.17) is 9.40 Å². The standard InChI is InChI=1S/C18H18N6O2S2/c1-10(28-18-21-22-23-24(18)11-5-2-3-6-11)15-19-16(25)14-12(9-27-17(14)20-15)13-7-4-8-26-13/h4,7-11H,2-3,5-6H2,1H3,(H,19,20,25)/t10-/m0/s1. The number of nitrogens with zero attached hydrogens (tertiary/aromatic N) is 5. The van der Waals surface area contributed by atoms with Gasteiger partial charge in [-0.15, -0.1) is 16.4 Å². The Labute approximate surface area is 168 Å². The third-order valence-electron chi connectivity index (χ3n) is 5.05. The summed E-state index contributed by atoms with van der Waals surface area (Å²) in [6.07, 6.45) is 6.25. The van der Waals surface area contributed by atoms with Crippen LogP contribution in [0, 0.1) is 0 Å². The number of furan rings is 1. The van der Waals surface area contributed by atoms with Gasteiger partial charge in [0.25, 0.3) is 5.56 Å². The van der Waals surface area contributed by atoms with E-state index in [9.17, 15) is 4.79 Å². The molecule has 28 heavy (non-hydrogen) atoms. The lowest BCUT2D eigenvalue weighted by molar-refractivity contribution is 0.422. The molecular formula is C18H18N6O2S2. The van der Waals surface area contributed by atoms with Crippen LogP contribution in [0.25, 0.3) is 21.5 Å². The molecule has 4 aromatic heterocycles. The van der Waals surface area contributed by atoms with E-state index < -0.39 is 0 Å². The maximum absolute atomic E-state index is 12.8. The van der Waals surface area contributed by atoms with Crippen molar-refractivity contribution in [3.05, 3.63) is 40.0 Å². The van der Waals surface area contributed by atoms with Crippen LogP contribution in [0.4, 0.5) is 0 Å². The molecule has 4 aromatic rings. The number of hydrogen-bond acceptors (Lipinski definition) is 8. The molecule has 0 amide bonds. The van der Waals surface area contributed by atoms with Gasteiger partial charge in [0, 0.05) is 10.9 Å². The molecule has 1 aliphatic rings. The lowest BCUT2D eigenvalue weighted by atomic mass is 10.2. The molecule has 0 aliphatic heterocycles. The summed E-state index contributed by atoms with van der Waals surface area (Å²) in [5.74, 6) is 1.29. The van der Waals surface area contributed by atoms with E-state index >= 15 is 0 Å². The lowest BCUT2D eigenvalue weighted by Crippen LogP contribution is -2.13. The molecule has 1 atom stereocenters. The average molecular weight is 415 g/mol. The second kappa shape index (κ2) is 7.17. The van der Waals surface area contributed by atoms with Gasteiger partial charge in [-0.05, 0) is 42.3 Å². The summed E-state index contributed by atoms with van der Waals surface area (Å²) in [6, 6.07) is 4.02. The van der Waals surface area contributed by atoms with Crippen LogP contribution in [0.3, 0.4) is 0 Å². The quantitative estimate of drug-likeness (QED) is 0.488. The zero-order valence-corrected chi connectivity index (χ0v) is 16.8. The van der Waals surface area contributed by atoms with Crippen molar-refractivity contribution in [2.24, 2.45) is 0 Å². The van der Waals surface area contributed by atoms with Crippen LogP contribution in [0.5, 0.6) is 0 Å². The van der Waals surface area contributed by atoms with Gasteiger partial charge in [0.15, 0.2) is 0 Å². The first-order valence-corrected chi connectivity index (χ1v) is 11.0. The Morgan fingerprint density at radius 2 is 2.25 bits per heavy atom. The zero-order valence-electron chi connectivity index (χ0n) is 15.2. The minimum atomic E-state index is -0.157. The maximum atomic E-state index is 12.8. The van der Waals surface area contributed by atoms with Gasteiger partial charge in [-0.1, -0.05) is 24.6 Å². The number of hydrogen-bond donors (Lipinski definition) is 1. The van der Waals surface area contributed by atoms with E-state index in [1.165, 1.54) is 35.9 Å². The fourth-order valence-electron chi connectivity index (χ4n) is 3.63. The first kappa shape index (κ1) is 17.6. The van der Waals surface area contributed by atoms with E-state index in [0.717, 1.165) is 23.6 Å². The van der Waals surface area contributed by atoms with E-state index in [2.05, 4.69) is 20.5 Å². The van der Waals surface area contributed by atoms with Crippen molar-refractivity contribution in [3.8, 4) is 11.3 Å². The van der Waals surface area contributed by atoms with Crippen LogP contribution in [0.2, 0.25) is 0 Å². The smallest absolute Gasteiger partial charge is 0.260 e. The molecule has 0 bridgehead atoms. The number of rotatable bonds is 5. The molecule has 0 radical (unpaired) electrons. The minimum Gasteiger partial charge on any atom is -0.464 e. The third kappa shape index (κ3) is 3.06. The van der Waals surface area contributed by atoms with E-state index in [1.54, 1.807) is 6.26 Å². The highest BCUT2D eigenvalue weighted by Crippen LogP contribution is 2.37. The van der Waals surface area contributed by atoms with E-state index in [0.29, 0.717) is 27.8 Å². The number of H-pyrrole nitrogens is 1. The summed E-state index contributed by atoms with van der Waals surface area (Å²) < 4.78 is 7.37. The molecule has 0 spiro atoms. The molecule has 1 fully saturated rings. The first-order valence-electron chi connectivity index (χ1n) is 9.20. The fraction of sp³-hybridized carbons (Fsp3) is 0.389. The second-order valence-corrected chi connectivity index (χ2v) is 9.03. The number of thioether (sulfide) groups is 1. The molecule has 1 N–H and O–H groups in total. The van der Waals surface area contributed by atoms with E-state index in [1.807, 2.05) is 29.1 Å². The highest BCUT2D eigenvalue weighted by atomic mass is 32.2. The number of aromatic nitrogens is 6. The number of nitrogens with one attached hydrogen (secondary N) is 1. The highest BCUT2D eigenvalue weighted by Gasteiger charge is 2.24. The molecule has 5 rings (SSSR count). The van der Waals surface area contributed by atoms with Crippen molar-refractivity contribution in [3.63, 3.8) is 0 Å². The largest absolute Gasteiger partial charge is 0.464 e. The van der Waals surface area contributed by atoms with E-state index in [-0.39, 0.29) is 10.8 Å². The molecule has 8 nitrogen and oxygen atoms in total. The summed E-state index contributed by atoms with van der Waals surface area (Å²) in [6.45, 7) is 2.00. The van der Waals surface area contributed by atoms with Gasteiger partial charge in [0.2, 0.25) is 5.16 Å². The maximum Gasteiger partial charge on any atom is 0.260 e. The summed E-state index contributed by atoms with van der Waals surface area (Å²) in [4.78, 5) is 21.1.